The second-order valence-corrected chi connectivity index (χ2v) is 4.67. The van der Waals surface area contributed by atoms with Crippen LogP contribution in [0.4, 0.5) is 10.1 Å². The molecule has 0 radical (unpaired) electrons. The molecule has 3 N–H and O–H groups in total. The van der Waals surface area contributed by atoms with Crippen LogP contribution in [-0.2, 0) is 9.59 Å². The van der Waals surface area contributed by atoms with Crippen LogP contribution in [-0.4, -0.2) is 29.6 Å². The van der Waals surface area contributed by atoms with E-state index in [1.165, 1.54) is 12.1 Å². The highest BCUT2D eigenvalue weighted by Gasteiger charge is 2.17. The van der Waals surface area contributed by atoms with Gasteiger partial charge in [0.1, 0.15) is 11.9 Å². The minimum Gasteiger partial charge on any atom is -0.480 e. The van der Waals surface area contributed by atoms with Crippen molar-refractivity contribution in [2.24, 2.45) is 0 Å². The van der Waals surface area contributed by atoms with Gasteiger partial charge in [-0.1, -0.05) is 24.9 Å². The molecule has 0 bridgehead atoms. The van der Waals surface area contributed by atoms with Gasteiger partial charge in [-0.25, -0.2) is 4.39 Å². The zero-order valence-electron chi connectivity index (χ0n) is 11.0. The van der Waals surface area contributed by atoms with Crippen LogP contribution >= 0.6 is 11.6 Å². The van der Waals surface area contributed by atoms with Gasteiger partial charge >= 0.3 is 5.97 Å². The minimum absolute atomic E-state index is 0.0355. The lowest BCUT2D eigenvalue weighted by molar-refractivity contribution is -0.139. The fourth-order valence-electron chi connectivity index (χ4n) is 1.61. The topological polar surface area (TPSA) is 78.4 Å². The Hall–Kier alpha value is -1.66. The van der Waals surface area contributed by atoms with Gasteiger partial charge in [-0.15, -0.1) is 0 Å². The number of aliphatic carboxylic acids is 1. The standard InChI is InChI=1S/C13H16ClFN2O3/c1-2-3-10(13(19)20)16-7-12(18)17-11-6-8(14)4-5-9(11)15/h4-6,10,16H,2-3,7H2,1H3,(H,17,18)(H,19,20). The first-order chi connectivity index (χ1) is 9.43. The molecular weight excluding hydrogens is 287 g/mol. The van der Waals surface area contributed by atoms with Gasteiger partial charge in [-0.3, -0.25) is 14.9 Å². The molecular formula is C13H16ClFN2O3. The van der Waals surface area contributed by atoms with Crippen LogP contribution in [0.2, 0.25) is 5.02 Å². The number of nitrogens with one attached hydrogen (secondary N) is 2. The van der Waals surface area contributed by atoms with Crippen molar-refractivity contribution in [3.05, 3.63) is 29.0 Å². The molecule has 0 heterocycles. The van der Waals surface area contributed by atoms with Crippen molar-refractivity contribution in [2.45, 2.75) is 25.8 Å². The van der Waals surface area contributed by atoms with Crippen LogP contribution in [0.1, 0.15) is 19.8 Å². The van der Waals surface area contributed by atoms with Crippen molar-refractivity contribution in [1.82, 2.24) is 5.32 Å². The molecule has 5 nitrogen and oxygen atoms in total. The molecule has 1 rings (SSSR count). The number of carboxylic acids is 1. The number of rotatable bonds is 7. The zero-order chi connectivity index (χ0) is 15.1. The van der Waals surface area contributed by atoms with Crippen LogP contribution < -0.4 is 10.6 Å². The number of benzene rings is 1. The highest BCUT2D eigenvalue weighted by atomic mass is 35.5. The highest BCUT2D eigenvalue weighted by Crippen LogP contribution is 2.19. The normalized spacial score (nSPS) is 11.9. The number of carboxylic acid groups (broad SMARTS) is 1. The average Bonchev–Trinajstić information content (AvgIpc) is 2.38. The Morgan fingerprint density at radius 3 is 2.75 bits per heavy atom. The van der Waals surface area contributed by atoms with Gasteiger partial charge in [0.2, 0.25) is 5.91 Å². The van der Waals surface area contributed by atoms with E-state index in [-0.39, 0.29) is 12.2 Å². The molecule has 20 heavy (non-hydrogen) atoms. The van der Waals surface area contributed by atoms with E-state index in [9.17, 15) is 14.0 Å². The molecule has 0 spiro atoms. The molecule has 0 aliphatic rings. The van der Waals surface area contributed by atoms with Crippen LogP contribution in [0, 0.1) is 5.82 Å². The molecule has 0 aliphatic carbocycles. The van der Waals surface area contributed by atoms with Gasteiger partial charge in [0.15, 0.2) is 0 Å². The quantitative estimate of drug-likeness (QED) is 0.722. The first-order valence-corrected chi connectivity index (χ1v) is 6.53. The Morgan fingerprint density at radius 1 is 1.45 bits per heavy atom. The van der Waals surface area contributed by atoms with E-state index in [4.69, 9.17) is 16.7 Å². The summed E-state index contributed by atoms with van der Waals surface area (Å²) in [7, 11) is 0. The van der Waals surface area contributed by atoms with Gasteiger partial charge in [0.05, 0.1) is 12.2 Å². The fraction of sp³-hybridized carbons (Fsp3) is 0.385. The predicted molar refractivity (Wildman–Crippen MR) is 74.4 cm³/mol. The summed E-state index contributed by atoms with van der Waals surface area (Å²) in [5.74, 6) is -2.16. The van der Waals surface area contributed by atoms with Crippen molar-refractivity contribution in [3.63, 3.8) is 0 Å². The van der Waals surface area contributed by atoms with Crippen LogP contribution in [0.25, 0.3) is 0 Å². The van der Waals surface area contributed by atoms with E-state index in [0.717, 1.165) is 6.07 Å². The van der Waals surface area contributed by atoms with Crippen LogP contribution in [0.15, 0.2) is 18.2 Å². The SMILES string of the molecule is CCCC(NCC(=O)Nc1cc(Cl)ccc1F)C(=O)O. The number of anilines is 1. The fourth-order valence-corrected chi connectivity index (χ4v) is 1.78. The van der Waals surface area contributed by atoms with E-state index in [1.54, 1.807) is 0 Å². The Balaban J connectivity index is 2.55. The largest absolute Gasteiger partial charge is 0.480 e. The third-order valence-corrected chi connectivity index (χ3v) is 2.82. The molecule has 7 heteroatoms. The Labute approximate surface area is 121 Å². The second kappa shape index (κ2) is 7.81. The van der Waals surface area contributed by atoms with E-state index < -0.39 is 23.7 Å². The molecule has 1 aromatic carbocycles. The Bertz CT molecular complexity index is 497. The summed E-state index contributed by atoms with van der Waals surface area (Å²) in [6, 6.07) is 3.00. The summed E-state index contributed by atoms with van der Waals surface area (Å²) in [6.07, 6.45) is 1.09. The van der Waals surface area contributed by atoms with E-state index in [0.29, 0.717) is 17.9 Å². The minimum atomic E-state index is -1.02. The van der Waals surface area contributed by atoms with E-state index in [2.05, 4.69) is 10.6 Å². The maximum absolute atomic E-state index is 13.4. The highest BCUT2D eigenvalue weighted by molar-refractivity contribution is 6.30. The van der Waals surface area contributed by atoms with Crippen LogP contribution in [0.5, 0.6) is 0 Å². The third kappa shape index (κ3) is 5.14. The summed E-state index contributed by atoms with van der Waals surface area (Å²) < 4.78 is 13.4. The number of hydrogen-bond donors (Lipinski definition) is 3. The van der Waals surface area contributed by atoms with Gasteiger partial charge in [0, 0.05) is 5.02 Å². The van der Waals surface area contributed by atoms with Crippen molar-refractivity contribution < 1.29 is 19.1 Å². The molecule has 1 unspecified atom stereocenters. The summed E-state index contributed by atoms with van der Waals surface area (Å²) >= 11 is 5.70. The van der Waals surface area contributed by atoms with Crippen molar-refractivity contribution >= 4 is 29.2 Å². The molecule has 1 atom stereocenters. The summed E-state index contributed by atoms with van der Waals surface area (Å²) in [6.45, 7) is 1.63. The van der Waals surface area contributed by atoms with Gasteiger partial charge in [-0.2, -0.15) is 0 Å². The predicted octanol–water partition coefficient (Wildman–Crippen LogP) is 2.26. The van der Waals surface area contributed by atoms with E-state index >= 15 is 0 Å². The molecule has 0 saturated carbocycles. The maximum atomic E-state index is 13.4. The molecule has 0 fully saturated rings. The maximum Gasteiger partial charge on any atom is 0.320 e. The lowest BCUT2D eigenvalue weighted by Gasteiger charge is -2.13. The first kappa shape index (κ1) is 16.4. The number of carbonyl (C=O) groups excluding carboxylic acids is 1. The lowest BCUT2D eigenvalue weighted by atomic mass is 10.2. The van der Waals surface area contributed by atoms with Crippen LogP contribution in [0.3, 0.4) is 0 Å². The Morgan fingerprint density at radius 2 is 2.15 bits per heavy atom. The average molecular weight is 303 g/mol. The van der Waals surface area contributed by atoms with E-state index in [1.807, 2.05) is 6.92 Å². The van der Waals surface area contributed by atoms with Gasteiger partial charge in [0.25, 0.3) is 0 Å². The van der Waals surface area contributed by atoms with Crippen molar-refractivity contribution in [3.8, 4) is 0 Å². The number of amides is 1. The van der Waals surface area contributed by atoms with Crippen molar-refractivity contribution in [2.75, 3.05) is 11.9 Å². The van der Waals surface area contributed by atoms with Crippen molar-refractivity contribution in [1.29, 1.82) is 0 Å². The van der Waals surface area contributed by atoms with Gasteiger partial charge in [-0.05, 0) is 24.6 Å². The summed E-state index contributed by atoms with van der Waals surface area (Å²) in [5.41, 5.74) is -0.0355. The zero-order valence-corrected chi connectivity index (χ0v) is 11.7. The molecule has 1 aromatic rings. The molecule has 0 aromatic heterocycles. The monoisotopic (exact) mass is 302 g/mol. The molecule has 1 amide bonds. The lowest BCUT2D eigenvalue weighted by Crippen LogP contribution is -2.41. The summed E-state index contributed by atoms with van der Waals surface area (Å²) in [4.78, 5) is 22.5. The second-order valence-electron chi connectivity index (χ2n) is 4.23. The third-order valence-electron chi connectivity index (χ3n) is 2.59. The first-order valence-electron chi connectivity index (χ1n) is 6.15. The molecule has 110 valence electrons. The Kier molecular flexibility index (Phi) is 6.41. The number of halogens is 2. The smallest absolute Gasteiger partial charge is 0.320 e. The summed E-state index contributed by atoms with van der Waals surface area (Å²) in [5, 5.41) is 14.2. The molecule has 0 aliphatic heterocycles. The number of carbonyl (C=O) groups is 2. The number of hydrogen-bond acceptors (Lipinski definition) is 3. The molecule has 0 saturated heterocycles. The van der Waals surface area contributed by atoms with Gasteiger partial charge < -0.3 is 10.4 Å².